The average Bonchev–Trinajstić information content (AvgIpc) is 2.29. The van der Waals surface area contributed by atoms with Crippen molar-refractivity contribution in [1.82, 2.24) is 5.32 Å². The lowest BCUT2D eigenvalue weighted by molar-refractivity contribution is 0.115. The molecule has 1 heterocycles. The van der Waals surface area contributed by atoms with E-state index < -0.39 is 0 Å². The first kappa shape index (κ1) is 9.83. The molecule has 80 valence electrons. The SMILES string of the molecule is COc1cccc([C@H]2CCOC(=O)N2)c1. The lowest BCUT2D eigenvalue weighted by Gasteiger charge is -2.23. The number of cyclic esters (lactones) is 1. The number of benzene rings is 1. The van der Waals surface area contributed by atoms with Crippen LogP contribution in [-0.2, 0) is 4.74 Å². The number of carbonyl (C=O) groups is 1. The van der Waals surface area contributed by atoms with Crippen molar-refractivity contribution in [3.63, 3.8) is 0 Å². The minimum Gasteiger partial charge on any atom is -0.497 e. The van der Waals surface area contributed by atoms with Gasteiger partial charge in [-0.1, -0.05) is 12.1 Å². The summed E-state index contributed by atoms with van der Waals surface area (Å²) >= 11 is 0. The molecule has 2 rings (SSSR count). The van der Waals surface area contributed by atoms with Crippen molar-refractivity contribution < 1.29 is 14.3 Å². The number of hydrogen-bond acceptors (Lipinski definition) is 3. The lowest BCUT2D eigenvalue weighted by Crippen LogP contribution is -2.35. The number of amides is 1. The first-order chi connectivity index (χ1) is 7.29. The fraction of sp³-hybridized carbons (Fsp3) is 0.364. The summed E-state index contributed by atoms with van der Waals surface area (Å²) in [4.78, 5) is 11.0. The van der Waals surface area contributed by atoms with E-state index in [-0.39, 0.29) is 12.1 Å². The number of rotatable bonds is 2. The summed E-state index contributed by atoms with van der Waals surface area (Å²) in [5.74, 6) is 0.799. The molecule has 1 fully saturated rings. The molecule has 0 unspecified atom stereocenters. The molecule has 0 saturated carbocycles. The van der Waals surface area contributed by atoms with Gasteiger partial charge in [-0.25, -0.2) is 4.79 Å². The third kappa shape index (κ3) is 2.21. The van der Waals surface area contributed by atoms with Crippen LogP contribution in [-0.4, -0.2) is 19.8 Å². The van der Waals surface area contributed by atoms with Gasteiger partial charge in [-0.15, -0.1) is 0 Å². The van der Waals surface area contributed by atoms with Crippen molar-refractivity contribution in [2.45, 2.75) is 12.5 Å². The molecule has 4 heteroatoms. The maximum absolute atomic E-state index is 11.0. The van der Waals surface area contributed by atoms with E-state index in [1.165, 1.54) is 0 Å². The molecule has 1 aromatic carbocycles. The fourth-order valence-corrected chi connectivity index (χ4v) is 1.63. The molecule has 0 aromatic heterocycles. The second kappa shape index (κ2) is 4.21. The van der Waals surface area contributed by atoms with Crippen LogP contribution < -0.4 is 10.1 Å². The molecule has 0 aliphatic carbocycles. The maximum atomic E-state index is 11.0. The van der Waals surface area contributed by atoms with E-state index in [0.717, 1.165) is 17.7 Å². The molecular formula is C11H13NO3. The Balaban J connectivity index is 2.17. The minimum absolute atomic E-state index is 0.0290. The topological polar surface area (TPSA) is 47.6 Å². The number of nitrogens with one attached hydrogen (secondary N) is 1. The van der Waals surface area contributed by atoms with Crippen molar-refractivity contribution in [2.24, 2.45) is 0 Å². The second-order valence-corrected chi connectivity index (χ2v) is 3.40. The molecule has 1 aromatic rings. The van der Waals surface area contributed by atoms with E-state index in [1.54, 1.807) is 7.11 Å². The molecule has 1 amide bonds. The monoisotopic (exact) mass is 207 g/mol. The van der Waals surface area contributed by atoms with Gasteiger partial charge in [0.15, 0.2) is 0 Å². The van der Waals surface area contributed by atoms with E-state index in [4.69, 9.17) is 9.47 Å². The van der Waals surface area contributed by atoms with E-state index in [9.17, 15) is 4.79 Å². The molecule has 1 aliphatic rings. The summed E-state index contributed by atoms with van der Waals surface area (Å²) in [6.07, 6.45) is 0.438. The Hall–Kier alpha value is -1.71. The van der Waals surface area contributed by atoms with Crippen molar-refractivity contribution in [1.29, 1.82) is 0 Å². The summed E-state index contributed by atoms with van der Waals surface area (Å²) in [5.41, 5.74) is 1.05. The molecule has 0 spiro atoms. The summed E-state index contributed by atoms with van der Waals surface area (Å²) in [6, 6.07) is 7.72. The Morgan fingerprint density at radius 2 is 2.40 bits per heavy atom. The largest absolute Gasteiger partial charge is 0.497 e. The summed E-state index contributed by atoms with van der Waals surface area (Å²) in [7, 11) is 1.63. The third-order valence-electron chi connectivity index (χ3n) is 2.43. The summed E-state index contributed by atoms with van der Waals surface area (Å²) in [5, 5.41) is 2.77. The van der Waals surface area contributed by atoms with Crippen LogP contribution in [0.5, 0.6) is 5.75 Å². The lowest BCUT2D eigenvalue weighted by atomic mass is 10.0. The molecular weight excluding hydrogens is 194 g/mol. The fourth-order valence-electron chi connectivity index (χ4n) is 1.63. The molecule has 1 N–H and O–H groups in total. The van der Waals surface area contributed by atoms with E-state index in [1.807, 2.05) is 24.3 Å². The molecule has 1 saturated heterocycles. The molecule has 0 bridgehead atoms. The van der Waals surface area contributed by atoms with E-state index in [2.05, 4.69) is 5.32 Å². The Morgan fingerprint density at radius 1 is 1.53 bits per heavy atom. The van der Waals surface area contributed by atoms with Gasteiger partial charge < -0.3 is 14.8 Å². The number of ether oxygens (including phenoxy) is 2. The van der Waals surface area contributed by atoms with Crippen molar-refractivity contribution in [3.05, 3.63) is 29.8 Å². The summed E-state index contributed by atoms with van der Waals surface area (Å²) in [6.45, 7) is 0.466. The van der Waals surface area contributed by atoms with Crippen molar-refractivity contribution in [3.8, 4) is 5.75 Å². The van der Waals surface area contributed by atoms with Crippen LogP contribution in [0.2, 0.25) is 0 Å². The van der Waals surface area contributed by atoms with Crippen molar-refractivity contribution >= 4 is 6.09 Å². The third-order valence-corrected chi connectivity index (χ3v) is 2.43. The quantitative estimate of drug-likeness (QED) is 0.805. The Bertz CT molecular complexity index is 365. The van der Waals surface area contributed by atoms with Crippen LogP contribution in [0.3, 0.4) is 0 Å². The molecule has 4 nitrogen and oxygen atoms in total. The van der Waals surface area contributed by atoms with Crippen LogP contribution in [0.1, 0.15) is 18.0 Å². The van der Waals surface area contributed by atoms with Gasteiger partial charge in [0.05, 0.1) is 19.8 Å². The van der Waals surface area contributed by atoms with Crippen LogP contribution in [0.15, 0.2) is 24.3 Å². The first-order valence-corrected chi connectivity index (χ1v) is 4.87. The Kier molecular flexibility index (Phi) is 2.76. The predicted molar refractivity (Wildman–Crippen MR) is 54.8 cm³/mol. The maximum Gasteiger partial charge on any atom is 0.407 e. The van der Waals surface area contributed by atoms with Gasteiger partial charge in [-0.3, -0.25) is 0 Å². The smallest absolute Gasteiger partial charge is 0.407 e. The zero-order valence-corrected chi connectivity index (χ0v) is 8.53. The number of hydrogen-bond donors (Lipinski definition) is 1. The van der Waals surface area contributed by atoms with Gasteiger partial charge in [-0.05, 0) is 17.7 Å². The van der Waals surface area contributed by atoms with Gasteiger partial charge in [-0.2, -0.15) is 0 Å². The number of carbonyl (C=O) groups excluding carboxylic acids is 1. The minimum atomic E-state index is -0.353. The van der Waals surface area contributed by atoms with Gasteiger partial charge in [0, 0.05) is 6.42 Å². The number of methoxy groups -OCH3 is 1. The number of alkyl carbamates (subject to hydrolysis) is 1. The van der Waals surface area contributed by atoms with Gasteiger partial charge in [0.2, 0.25) is 0 Å². The van der Waals surface area contributed by atoms with Crippen LogP contribution in [0.4, 0.5) is 4.79 Å². The average molecular weight is 207 g/mol. The predicted octanol–water partition coefficient (Wildman–Crippen LogP) is 1.87. The van der Waals surface area contributed by atoms with Crippen LogP contribution in [0.25, 0.3) is 0 Å². The normalized spacial score (nSPS) is 20.3. The summed E-state index contributed by atoms with van der Waals surface area (Å²) < 4.78 is 9.93. The second-order valence-electron chi connectivity index (χ2n) is 3.40. The molecule has 1 aliphatic heterocycles. The molecule has 0 radical (unpaired) electrons. The first-order valence-electron chi connectivity index (χ1n) is 4.87. The van der Waals surface area contributed by atoms with E-state index in [0.29, 0.717) is 6.61 Å². The van der Waals surface area contributed by atoms with Crippen LogP contribution in [0, 0.1) is 0 Å². The Morgan fingerprint density at radius 3 is 3.13 bits per heavy atom. The molecule has 1 atom stereocenters. The van der Waals surface area contributed by atoms with Gasteiger partial charge in [0.25, 0.3) is 0 Å². The standard InChI is InChI=1S/C11H13NO3/c1-14-9-4-2-3-8(7-9)10-5-6-15-11(13)12-10/h2-4,7,10H,5-6H2,1H3,(H,12,13)/t10-/m1/s1. The highest BCUT2D eigenvalue weighted by atomic mass is 16.5. The van der Waals surface area contributed by atoms with Crippen LogP contribution >= 0.6 is 0 Å². The zero-order valence-electron chi connectivity index (χ0n) is 8.53. The highest BCUT2D eigenvalue weighted by molar-refractivity contribution is 5.68. The van der Waals surface area contributed by atoms with Crippen molar-refractivity contribution in [2.75, 3.05) is 13.7 Å². The highest BCUT2D eigenvalue weighted by Gasteiger charge is 2.20. The Labute approximate surface area is 88.2 Å². The van der Waals surface area contributed by atoms with Gasteiger partial charge in [0.1, 0.15) is 5.75 Å². The highest BCUT2D eigenvalue weighted by Crippen LogP contribution is 2.23. The van der Waals surface area contributed by atoms with E-state index >= 15 is 0 Å². The molecule has 15 heavy (non-hydrogen) atoms. The zero-order chi connectivity index (χ0) is 10.7. The van der Waals surface area contributed by atoms with Gasteiger partial charge >= 0.3 is 6.09 Å².